The quantitative estimate of drug-likeness (QED) is 0.819. The number of halogens is 1. The van der Waals surface area contributed by atoms with Crippen LogP contribution in [-0.4, -0.2) is 5.11 Å². The Labute approximate surface area is 127 Å². The Morgan fingerprint density at radius 2 is 1.84 bits per heavy atom. The lowest BCUT2D eigenvalue weighted by Gasteiger charge is -2.12. The topological polar surface area (TPSA) is 29.5 Å². The first-order valence-corrected chi connectivity index (χ1v) is 7.30. The third kappa shape index (κ3) is 3.94. The number of hydrogen-bond donors (Lipinski definition) is 1. The van der Waals surface area contributed by atoms with Gasteiger partial charge < -0.3 is 9.84 Å². The number of rotatable bonds is 4. The Morgan fingerprint density at radius 1 is 1.16 bits per heavy atom. The van der Waals surface area contributed by atoms with Gasteiger partial charge in [-0.15, -0.1) is 0 Å². The van der Waals surface area contributed by atoms with Crippen molar-refractivity contribution >= 4 is 22.6 Å². The molecule has 0 heterocycles. The second kappa shape index (κ2) is 6.39. The summed E-state index contributed by atoms with van der Waals surface area (Å²) in [5.41, 5.74) is 3.11. The molecule has 2 aromatic carbocycles. The molecule has 0 aliphatic rings. The van der Waals surface area contributed by atoms with Crippen LogP contribution in [0, 0.1) is 10.5 Å². The van der Waals surface area contributed by atoms with E-state index in [9.17, 15) is 5.11 Å². The van der Waals surface area contributed by atoms with E-state index in [1.165, 1.54) is 3.57 Å². The van der Waals surface area contributed by atoms with Crippen LogP contribution in [0.2, 0.25) is 0 Å². The van der Waals surface area contributed by atoms with Crippen molar-refractivity contribution in [2.24, 2.45) is 0 Å². The van der Waals surface area contributed by atoms with Crippen LogP contribution in [0.5, 0.6) is 5.75 Å². The lowest BCUT2D eigenvalue weighted by atomic mass is 10.1. The SMILES string of the molecule is Cc1cc(C(C)O)ccc1OCc1ccc(I)cc1. The molecule has 2 nitrogen and oxygen atoms in total. The van der Waals surface area contributed by atoms with Gasteiger partial charge in [-0.1, -0.05) is 18.2 Å². The zero-order valence-electron chi connectivity index (χ0n) is 11.1. The molecule has 0 aliphatic carbocycles. The molecule has 0 saturated heterocycles. The van der Waals surface area contributed by atoms with Crippen molar-refractivity contribution in [1.82, 2.24) is 0 Å². The molecule has 0 radical (unpaired) electrons. The first-order valence-electron chi connectivity index (χ1n) is 6.22. The molecule has 0 amide bonds. The highest BCUT2D eigenvalue weighted by molar-refractivity contribution is 14.1. The maximum absolute atomic E-state index is 9.53. The van der Waals surface area contributed by atoms with Crippen molar-refractivity contribution in [3.05, 3.63) is 62.7 Å². The first kappa shape index (κ1) is 14.3. The molecule has 0 aliphatic heterocycles. The summed E-state index contributed by atoms with van der Waals surface area (Å²) in [5.74, 6) is 0.864. The maximum atomic E-state index is 9.53. The van der Waals surface area contributed by atoms with Gasteiger partial charge in [0.1, 0.15) is 12.4 Å². The Balaban J connectivity index is 2.05. The number of aliphatic hydroxyl groups excluding tert-OH is 1. The van der Waals surface area contributed by atoms with Crippen LogP contribution in [0.15, 0.2) is 42.5 Å². The van der Waals surface area contributed by atoms with E-state index in [4.69, 9.17) is 4.74 Å². The number of aliphatic hydroxyl groups is 1. The standard InChI is InChI=1S/C16H17IO2/c1-11-9-14(12(2)18)5-8-16(11)19-10-13-3-6-15(17)7-4-13/h3-9,12,18H,10H2,1-2H3. The molecule has 19 heavy (non-hydrogen) atoms. The van der Waals surface area contributed by atoms with Gasteiger partial charge in [-0.25, -0.2) is 0 Å². The highest BCUT2D eigenvalue weighted by atomic mass is 127. The van der Waals surface area contributed by atoms with Crippen LogP contribution in [0.4, 0.5) is 0 Å². The van der Waals surface area contributed by atoms with Gasteiger partial charge in [0.25, 0.3) is 0 Å². The second-order valence-corrected chi connectivity index (χ2v) is 5.86. The monoisotopic (exact) mass is 368 g/mol. The summed E-state index contributed by atoms with van der Waals surface area (Å²) >= 11 is 2.29. The van der Waals surface area contributed by atoms with E-state index in [-0.39, 0.29) is 0 Å². The summed E-state index contributed by atoms with van der Waals surface area (Å²) in [6, 6.07) is 14.1. The highest BCUT2D eigenvalue weighted by Crippen LogP contribution is 2.23. The molecule has 0 saturated carbocycles. The number of benzene rings is 2. The predicted molar refractivity (Wildman–Crippen MR) is 85.3 cm³/mol. The minimum atomic E-state index is -0.441. The van der Waals surface area contributed by atoms with Crippen molar-refractivity contribution in [3.63, 3.8) is 0 Å². The summed E-state index contributed by atoms with van der Waals surface area (Å²) in [6.07, 6.45) is -0.441. The summed E-state index contributed by atoms with van der Waals surface area (Å²) < 4.78 is 7.03. The summed E-state index contributed by atoms with van der Waals surface area (Å²) in [7, 11) is 0. The van der Waals surface area contributed by atoms with Crippen molar-refractivity contribution in [1.29, 1.82) is 0 Å². The van der Waals surface area contributed by atoms with Crippen LogP contribution >= 0.6 is 22.6 Å². The van der Waals surface area contributed by atoms with Crippen molar-refractivity contribution in [3.8, 4) is 5.75 Å². The van der Waals surface area contributed by atoms with E-state index in [0.717, 1.165) is 22.4 Å². The molecule has 0 aromatic heterocycles. The molecule has 0 spiro atoms. The van der Waals surface area contributed by atoms with Gasteiger partial charge >= 0.3 is 0 Å². The van der Waals surface area contributed by atoms with Crippen LogP contribution < -0.4 is 4.74 Å². The fourth-order valence-electron chi connectivity index (χ4n) is 1.84. The van der Waals surface area contributed by atoms with Gasteiger partial charge in [-0.3, -0.25) is 0 Å². The predicted octanol–water partition coefficient (Wildman–Crippen LogP) is 4.23. The normalized spacial score (nSPS) is 12.2. The van der Waals surface area contributed by atoms with Gasteiger partial charge in [0, 0.05) is 3.57 Å². The van der Waals surface area contributed by atoms with Crippen molar-refractivity contribution in [2.75, 3.05) is 0 Å². The average Bonchev–Trinajstić information content (AvgIpc) is 2.39. The Hall–Kier alpha value is -1.07. The Kier molecular flexibility index (Phi) is 4.82. The third-order valence-corrected chi connectivity index (χ3v) is 3.71. The van der Waals surface area contributed by atoms with Crippen LogP contribution in [-0.2, 0) is 6.61 Å². The molecule has 2 aromatic rings. The van der Waals surface area contributed by atoms with E-state index in [1.54, 1.807) is 6.92 Å². The highest BCUT2D eigenvalue weighted by Gasteiger charge is 2.05. The number of ether oxygens (including phenoxy) is 1. The fourth-order valence-corrected chi connectivity index (χ4v) is 2.20. The molecular formula is C16H17IO2. The van der Waals surface area contributed by atoms with Gasteiger partial charge in [0.05, 0.1) is 6.10 Å². The van der Waals surface area contributed by atoms with Gasteiger partial charge in [-0.2, -0.15) is 0 Å². The molecule has 1 unspecified atom stereocenters. The largest absolute Gasteiger partial charge is 0.489 e. The van der Waals surface area contributed by atoms with E-state index in [0.29, 0.717) is 6.61 Å². The smallest absolute Gasteiger partial charge is 0.122 e. The molecule has 3 heteroatoms. The Bertz CT molecular complexity index is 547. The van der Waals surface area contributed by atoms with Crippen LogP contribution in [0.25, 0.3) is 0 Å². The summed E-state index contributed by atoms with van der Waals surface area (Å²) in [4.78, 5) is 0. The minimum Gasteiger partial charge on any atom is -0.489 e. The molecule has 1 N–H and O–H groups in total. The van der Waals surface area contributed by atoms with E-state index in [1.807, 2.05) is 25.1 Å². The van der Waals surface area contributed by atoms with Gasteiger partial charge in [0.2, 0.25) is 0 Å². The van der Waals surface area contributed by atoms with Gasteiger partial charge in [0.15, 0.2) is 0 Å². The van der Waals surface area contributed by atoms with Gasteiger partial charge in [-0.05, 0) is 77.4 Å². The zero-order chi connectivity index (χ0) is 13.8. The lowest BCUT2D eigenvalue weighted by Crippen LogP contribution is -1.98. The third-order valence-electron chi connectivity index (χ3n) is 2.99. The summed E-state index contributed by atoms with van der Waals surface area (Å²) in [5, 5.41) is 9.53. The van der Waals surface area contributed by atoms with Crippen LogP contribution in [0.1, 0.15) is 29.7 Å². The number of aryl methyl sites for hydroxylation is 1. The first-order chi connectivity index (χ1) is 9.06. The zero-order valence-corrected chi connectivity index (χ0v) is 13.2. The molecule has 100 valence electrons. The Morgan fingerprint density at radius 3 is 2.42 bits per heavy atom. The second-order valence-electron chi connectivity index (χ2n) is 4.62. The fraction of sp³-hybridized carbons (Fsp3) is 0.250. The number of hydrogen-bond acceptors (Lipinski definition) is 2. The van der Waals surface area contributed by atoms with Crippen LogP contribution in [0.3, 0.4) is 0 Å². The molecule has 2 rings (SSSR count). The molecule has 0 bridgehead atoms. The average molecular weight is 368 g/mol. The van der Waals surface area contributed by atoms with Crippen molar-refractivity contribution < 1.29 is 9.84 Å². The van der Waals surface area contributed by atoms with E-state index >= 15 is 0 Å². The molecular weight excluding hydrogens is 351 g/mol. The van der Waals surface area contributed by atoms with E-state index in [2.05, 4.69) is 46.9 Å². The summed E-state index contributed by atoms with van der Waals surface area (Å²) in [6.45, 7) is 4.32. The van der Waals surface area contributed by atoms with E-state index < -0.39 is 6.10 Å². The van der Waals surface area contributed by atoms with Crippen molar-refractivity contribution in [2.45, 2.75) is 26.6 Å². The molecule has 1 atom stereocenters. The minimum absolute atomic E-state index is 0.441. The maximum Gasteiger partial charge on any atom is 0.122 e. The molecule has 0 fully saturated rings. The lowest BCUT2D eigenvalue weighted by molar-refractivity contribution is 0.199.